The first kappa shape index (κ1) is 17.4. The van der Waals surface area contributed by atoms with Crippen LogP contribution in [0.5, 0.6) is 0 Å². The van der Waals surface area contributed by atoms with Gasteiger partial charge in [0.25, 0.3) is 0 Å². The zero-order chi connectivity index (χ0) is 18.1. The van der Waals surface area contributed by atoms with Gasteiger partial charge in [-0.25, -0.2) is 4.39 Å². The minimum atomic E-state index is -0.221. The molecular weight excluding hydrogens is 331 g/mol. The second kappa shape index (κ2) is 6.95. The molecule has 1 aliphatic carbocycles. The Morgan fingerprint density at radius 1 is 1.35 bits per heavy atom. The number of pyridine rings is 1. The number of carbonyl (C=O) groups excluding carboxylic acids is 1. The van der Waals surface area contributed by atoms with Gasteiger partial charge in [-0.3, -0.25) is 9.78 Å². The monoisotopic (exact) mass is 356 g/mol. The van der Waals surface area contributed by atoms with Crippen molar-refractivity contribution in [3.63, 3.8) is 0 Å². The maximum absolute atomic E-state index is 13.7. The molecule has 1 spiro atoms. The van der Waals surface area contributed by atoms with Crippen molar-refractivity contribution in [3.8, 4) is 0 Å². The predicted octanol–water partition coefficient (Wildman–Crippen LogP) is 3.80. The van der Waals surface area contributed by atoms with Crippen molar-refractivity contribution in [2.75, 3.05) is 19.7 Å². The third-order valence-electron chi connectivity index (χ3n) is 6.29. The molecule has 5 heteroatoms. The van der Waals surface area contributed by atoms with Crippen molar-refractivity contribution in [2.45, 2.75) is 38.5 Å². The van der Waals surface area contributed by atoms with Crippen molar-refractivity contribution < 1.29 is 13.9 Å². The fourth-order valence-corrected chi connectivity index (χ4v) is 4.91. The van der Waals surface area contributed by atoms with Crippen LogP contribution in [0.4, 0.5) is 4.39 Å². The van der Waals surface area contributed by atoms with Crippen LogP contribution >= 0.6 is 0 Å². The zero-order valence-corrected chi connectivity index (χ0v) is 15.1. The molecule has 4 rings (SSSR count). The number of esters is 1. The zero-order valence-electron chi connectivity index (χ0n) is 15.1. The van der Waals surface area contributed by atoms with Gasteiger partial charge in [-0.05, 0) is 73.8 Å². The molecule has 2 fully saturated rings. The Morgan fingerprint density at radius 2 is 2.15 bits per heavy atom. The minimum Gasteiger partial charge on any atom is -0.466 e. The summed E-state index contributed by atoms with van der Waals surface area (Å²) < 4.78 is 19.1. The number of rotatable bonds is 3. The number of aromatic nitrogens is 1. The van der Waals surface area contributed by atoms with Gasteiger partial charge >= 0.3 is 5.97 Å². The lowest BCUT2D eigenvalue weighted by molar-refractivity contribution is -0.151. The SMILES string of the molecule is CCOC(=O)C1CNCC12CCC(c1ccnc3ccc(F)cc13)CC2. The number of nitrogens with zero attached hydrogens (tertiary/aromatic N) is 1. The molecule has 2 aromatic rings. The molecule has 2 aliphatic rings. The van der Waals surface area contributed by atoms with Gasteiger partial charge < -0.3 is 10.1 Å². The molecule has 1 unspecified atom stereocenters. The van der Waals surface area contributed by atoms with Crippen molar-refractivity contribution in [2.24, 2.45) is 11.3 Å². The normalized spacial score (nSPS) is 28.5. The Morgan fingerprint density at radius 3 is 2.92 bits per heavy atom. The van der Waals surface area contributed by atoms with Gasteiger partial charge in [-0.2, -0.15) is 0 Å². The van der Waals surface area contributed by atoms with E-state index >= 15 is 0 Å². The molecule has 1 saturated heterocycles. The van der Waals surface area contributed by atoms with E-state index in [1.807, 2.05) is 19.2 Å². The van der Waals surface area contributed by atoms with Crippen LogP contribution in [0.1, 0.15) is 44.1 Å². The lowest BCUT2D eigenvalue weighted by Crippen LogP contribution is -2.39. The van der Waals surface area contributed by atoms with Gasteiger partial charge in [0.1, 0.15) is 5.82 Å². The summed E-state index contributed by atoms with van der Waals surface area (Å²) in [5.74, 6) is 0.0557. The number of hydrogen-bond acceptors (Lipinski definition) is 4. The molecule has 26 heavy (non-hydrogen) atoms. The lowest BCUT2D eigenvalue weighted by Gasteiger charge is -2.40. The summed E-state index contributed by atoms with van der Waals surface area (Å²) in [6.45, 7) is 3.89. The van der Waals surface area contributed by atoms with E-state index in [0.29, 0.717) is 19.1 Å². The molecule has 0 radical (unpaired) electrons. The van der Waals surface area contributed by atoms with Crippen LogP contribution in [0.15, 0.2) is 30.5 Å². The first-order chi connectivity index (χ1) is 12.6. The number of nitrogens with one attached hydrogen (secondary N) is 1. The summed E-state index contributed by atoms with van der Waals surface area (Å²) in [5.41, 5.74) is 2.04. The second-order valence-electron chi connectivity index (χ2n) is 7.63. The standard InChI is InChI=1S/C21H25FN2O2/c1-2-26-20(25)18-12-23-13-21(18)8-5-14(6-9-21)16-7-10-24-19-4-3-15(22)11-17(16)19/h3-4,7,10-11,14,18,23H,2,5-6,8-9,12-13H2,1H3. The average molecular weight is 356 g/mol. The Labute approximate surface area is 153 Å². The first-order valence-corrected chi connectivity index (χ1v) is 9.54. The van der Waals surface area contributed by atoms with Crippen LogP contribution in [0.3, 0.4) is 0 Å². The van der Waals surface area contributed by atoms with Crippen LogP contribution < -0.4 is 5.32 Å². The number of carbonyl (C=O) groups is 1. The lowest BCUT2D eigenvalue weighted by atomic mass is 9.64. The number of ether oxygens (including phenoxy) is 1. The summed E-state index contributed by atoms with van der Waals surface area (Å²) in [7, 11) is 0. The quantitative estimate of drug-likeness (QED) is 0.850. The molecule has 138 valence electrons. The van der Waals surface area contributed by atoms with Crippen molar-refractivity contribution in [1.29, 1.82) is 0 Å². The van der Waals surface area contributed by atoms with Crippen LogP contribution in [-0.2, 0) is 9.53 Å². The number of benzene rings is 1. The van der Waals surface area contributed by atoms with Crippen LogP contribution in [0.2, 0.25) is 0 Å². The van der Waals surface area contributed by atoms with E-state index in [9.17, 15) is 9.18 Å². The number of hydrogen-bond donors (Lipinski definition) is 1. The van der Waals surface area contributed by atoms with E-state index in [1.54, 1.807) is 12.1 Å². The number of halogens is 1. The molecule has 1 atom stereocenters. The summed E-state index contributed by atoms with van der Waals surface area (Å²) in [5, 5.41) is 4.32. The van der Waals surface area contributed by atoms with E-state index in [1.165, 1.54) is 11.6 Å². The van der Waals surface area contributed by atoms with Crippen LogP contribution in [-0.4, -0.2) is 30.6 Å². The van der Waals surface area contributed by atoms with Gasteiger partial charge in [-0.15, -0.1) is 0 Å². The Hall–Kier alpha value is -2.01. The van der Waals surface area contributed by atoms with Gasteiger partial charge in [0, 0.05) is 24.7 Å². The Balaban J connectivity index is 1.56. The van der Waals surface area contributed by atoms with E-state index in [2.05, 4.69) is 10.3 Å². The topological polar surface area (TPSA) is 51.2 Å². The largest absolute Gasteiger partial charge is 0.466 e. The van der Waals surface area contributed by atoms with Crippen molar-refractivity contribution >= 4 is 16.9 Å². The Kier molecular flexibility index (Phi) is 4.65. The van der Waals surface area contributed by atoms with Crippen LogP contribution in [0, 0.1) is 17.2 Å². The van der Waals surface area contributed by atoms with E-state index in [4.69, 9.17) is 4.74 Å². The van der Waals surface area contributed by atoms with Crippen LogP contribution in [0.25, 0.3) is 10.9 Å². The minimum absolute atomic E-state index is 0.0108. The summed E-state index contributed by atoms with van der Waals surface area (Å²) in [6, 6.07) is 6.83. The van der Waals surface area contributed by atoms with Gasteiger partial charge in [-0.1, -0.05) is 0 Å². The molecule has 2 heterocycles. The first-order valence-electron chi connectivity index (χ1n) is 9.54. The fourth-order valence-electron chi connectivity index (χ4n) is 4.91. The van der Waals surface area contributed by atoms with Crippen molar-refractivity contribution in [3.05, 3.63) is 41.8 Å². The maximum atomic E-state index is 13.7. The third kappa shape index (κ3) is 2.98. The molecule has 1 aliphatic heterocycles. The average Bonchev–Trinajstić information content (AvgIpc) is 3.05. The highest BCUT2D eigenvalue weighted by molar-refractivity contribution is 5.82. The van der Waals surface area contributed by atoms with E-state index in [-0.39, 0.29) is 23.1 Å². The number of fused-ring (bicyclic) bond motifs is 1. The summed E-state index contributed by atoms with van der Waals surface area (Å²) in [4.78, 5) is 16.7. The van der Waals surface area contributed by atoms with Gasteiger partial charge in [0.15, 0.2) is 0 Å². The maximum Gasteiger partial charge on any atom is 0.310 e. The van der Waals surface area contributed by atoms with E-state index < -0.39 is 0 Å². The summed E-state index contributed by atoms with van der Waals surface area (Å²) >= 11 is 0. The third-order valence-corrected chi connectivity index (χ3v) is 6.29. The Bertz CT molecular complexity index is 815. The summed E-state index contributed by atoms with van der Waals surface area (Å²) in [6.07, 6.45) is 5.82. The predicted molar refractivity (Wildman–Crippen MR) is 98.3 cm³/mol. The van der Waals surface area contributed by atoms with E-state index in [0.717, 1.165) is 43.1 Å². The molecule has 1 N–H and O–H groups in total. The fraction of sp³-hybridized carbons (Fsp3) is 0.524. The highest BCUT2D eigenvalue weighted by atomic mass is 19.1. The molecule has 1 aromatic carbocycles. The van der Waals surface area contributed by atoms with Gasteiger partial charge in [0.05, 0.1) is 18.0 Å². The highest BCUT2D eigenvalue weighted by Crippen LogP contribution is 2.50. The van der Waals surface area contributed by atoms with Gasteiger partial charge in [0.2, 0.25) is 0 Å². The highest BCUT2D eigenvalue weighted by Gasteiger charge is 2.49. The molecule has 1 aromatic heterocycles. The molecule has 0 amide bonds. The van der Waals surface area contributed by atoms with Crippen molar-refractivity contribution in [1.82, 2.24) is 10.3 Å². The molecular formula is C21H25FN2O2. The molecule has 1 saturated carbocycles. The molecule has 4 nitrogen and oxygen atoms in total. The smallest absolute Gasteiger partial charge is 0.310 e. The molecule has 0 bridgehead atoms. The second-order valence-corrected chi connectivity index (χ2v) is 7.63.